The first-order valence-electron chi connectivity index (χ1n) is 10.4. The smallest absolute Gasteiger partial charge is 0.280 e. The number of hydrogen-bond acceptors (Lipinski definition) is 6. The van der Waals surface area contributed by atoms with Crippen LogP contribution in [-0.2, 0) is 0 Å². The van der Waals surface area contributed by atoms with E-state index in [1.165, 1.54) is 38.8 Å². The summed E-state index contributed by atoms with van der Waals surface area (Å²) in [5.74, 6) is 1.57. The summed E-state index contributed by atoms with van der Waals surface area (Å²) in [6.07, 6.45) is 8.78. The van der Waals surface area contributed by atoms with Crippen molar-refractivity contribution < 1.29 is 9.53 Å². The van der Waals surface area contributed by atoms with Crippen molar-refractivity contribution in [1.29, 1.82) is 0 Å². The molecule has 0 unspecified atom stereocenters. The summed E-state index contributed by atoms with van der Waals surface area (Å²) in [4.78, 5) is 34.6. The van der Waals surface area contributed by atoms with Gasteiger partial charge >= 0.3 is 0 Å². The Labute approximate surface area is 177 Å². The highest BCUT2D eigenvalue weighted by molar-refractivity contribution is 6.02. The second-order valence-corrected chi connectivity index (χ2v) is 7.71. The first kappa shape index (κ1) is 19.2. The van der Waals surface area contributed by atoms with Crippen molar-refractivity contribution in [2.24, 2.45) is 0 Å². The molecule has 4 aromatic rings. The van der Waals surface area contributed by atoms with E-state index in [9.17, 15) is 9.59 Å². The van der Waals surface area contributed by atoms with Crippen LogP contribution in [0.3, 0.4) is 0 Å². The summed E-state index contributed by atoms with van der Waals surface area (Å²) < 4.78 is 7.99. The van der Waals surface area contributed by atoms with Gasteiger partial charge in [0.15, 0.2) is 5.82 Å². The molecule has 1 saturated carbocycles. The van der Waals surface area contributed by atoms with Crippen LogP contribution in [0.4, 0.5) is 0 Å². The van der Waals surface area contributed by atoms with E-state index in [0.29, 0.717) is 33.9 Å². The molecule has 0 saturated heterocycles. The van der Waals surface area contributed by atoms with Crippen LogP contribution >= 0.6 is 0 Å². The lowest BCUT2D eigenvalue weighted by molar-refractivity contribution is 0.100. The van der Waals surface area contributed by atoms with Crippen LogP contribution in [0.2, 0.25) is 0 Å². The van der Waals surface area contributed by atoms with Crippen molar-refractivity contribution in [1.82, 2.24) is 24.3 Å². The summed E-state index contributed by atoms with van der Waals surface area (Å²) >= 11 is 0. The second-order valence-electron chi connectivity index (χ2n) is 7.71. The molecule has 0 atom stereocenters. The average molecular weight is 418 g/mol. The lowest BCUT2D eigenvalue weighted by atomic mass is 9.89. The standard InChI is InChI=1S/C22H22N6O3/c1-31-18-10-6-5-9-15(18)20(29)26-27-12-11-17-16(21(27)30)13-23-22-24-19(25-28(17)22)14-7-3-2-4-8-14/h5-6,9-14H,2-4,7-8H2,1H3,(H,26,29). The maximum atomic E-state index is 13.0. The van der Waals surface area contributed by atoms with Crippen LogP contribution in [0.25, 0.3) is 16.7 Å². The molecule has 1 aliphatic rings. The number of benzene rings is 1. The van der Waals surface area contributed by atoms with Crippen LogP contribution < -0.4 is 15.7 Å². The van der Waals surface area contributed by atoms with E-state index < -0.39 is 11.5 Å². The Bertz CT molecular complexity index is 1340. The third-order valence-electron chi connectivity index (χ3n) is 5.79. The van der Waals surface area contributed by atoms with Gasteiger partial charge in [-0.05, 0) is 31.0 Å². The van der Waals surface area contributed by atoms with Crippen LogP contribution in [0.5, 0.6) is 5.75 Å². The Morgan fingerprint density at radius 2 is 1.97 bits per heavy atom. The Morgan fingerprint density at radius 3 is 2.77 bits per heavy atom. The molecule has 1 fully saturated rings. The Morgan fingerprint density at radius 1 is 1.16 bits per heavy atom. The fraction of sp³-hybridized carbons (Fsp3) is 0.318. The SMILES string of the molecule is COc1ccccc1C(=O)Nn1ccc2c(cnc3nc(C4CCCCC4)nn32)c1=O. The molecule has 1 N–H and O–H groups in total. The Balaban J connectivity index is 1.51. The third kappa shape index (κ3) is 3.41. The number of ether oxygens (including phenoxy) is 1. The molecule has 1 amide bonds. The minimum atomic E-state index is -0.451. The molecule has 5 rings (SSSR count). The van der Waals surface area contributed by atoms with Crippen molar-refractivity contribution in [2.75, 3.05) is 12.5 Å². The lowest BCUT2D eigenvalue weighted by Gasteiger charge is -2.17. The molecule has 0 radical (unpaired) electrons. The van der Waals surface area contributed by atoms with Gasteiger partial charge in [0.05, 0.1) is 23.6 Å². The monoisotopic (exact) mass is 418 g/mol. The first-order chi connectivity index (χ1) is 15.2. The average Bonchev–Trinajstić information content (AvgIpc) is 3.26. The van der Waals surface area contributed by atoms with Gasteiger partial charge in [0.25, 0.3) is 17.2 Å². The van der Waals surface area contributed by atoms with Crippen molar-refractivity contribution in [3.63, 3.8) is 0 Å². The van der Waals surface area contributed by atoms with Crippen LogP contribution in [0, 0.1) is 0 Å². The number of nitrogens with one attached hydrogen (secondary N) is 1. The van der Waals surface area contributed by atoms with E-state index in [4.69, 9.17) is 4.74 Å². The summed E-state index contributed by atoms with van der Waals surface area (Å²) in [5.41, 5.74) is 3.15. The molecule has 9 nitrogen and oxygen atoms in total. The number of para-hydroxylation sites is 1. The molecular weight excluding hydrogens is 396 g/mol. The number of carbonyl (C=O) groups excluding carboxylic acids is 1. The number of nitrogens with zero attached hydrogens (tertiary/aromatic N) is 5. The number of hydrogen-bond donors (Lipinski definition) is 1. The van der Waals surface area contributed by atoms with Crippen LogP contribution in [0.1, 0.15) is 54.2 Å². The molecule has 0 aliphatic heterocycles. The number of methoxy groups -OCH3 is 1. The molecule has 0 spiro atoms. The zero-order valence-electron chi connectivity index (χ0n) is 17.1. The number of pyridine rings is 1. The van der Waals surface area contributed by atoms with E-state index in [1.54, 1.807) is 34.8 Å². The summed E-state index contributed by atoms with van der Waals surface area (Å²) in [7, 11) is 1.49. The molecular formula is C22H22N6O3. The number of amides is 1. The molecule has 0 bridgehead atoms. The molecule has 3 aromatic heterocycles. The zero-order valence-corrected chi connectivity index (χ0v) is 17.1. The third-order valence-corrected chi connectivity index (χ3v) is 5.79. The number of carbonyl (C=O) groups is 1. The number of rotatable bonds is 4. The van der Waals surface area contributed by atoms with Crippen LogP contribution in [-0.4, -0.2) is 37.3 Å². The quantitative estimate of drug-likeness (QED) is 0.547. The minimum Gasteiger partial charge on any atom is -0.496 e. The highest BCUT2D eigenvalue weighted by atomic mass is 16.5. The zero-order chi connectivity index (χ0) is 21.4. The van der Waals surface area contributed by atoms with Gasteiger partial charge in [0.1, 0.15) is 5.75 Å². The van der Waals surface area contributed by atoms with Gasteiger partial charge in [-0.2, -0.15) is 9.50 Å². The Kier molecular flexibility index (Phi) is 4.85. The molecule has 31 heavy (non-hydrogen) atoms. The van der Waals surface area contributed by atoms with Gasteiger partial charge in [0, 0.05) is 18.3 Å². The van der Waals surface area contributed by atoms with Crippen LogP contribution in [0.15, 0.2) is 47.5 Å². The maximum absolute atomic E-state index is 13.0. The molecule has 1 aliphatic carbocycles. The van der Waals surface area contributed by atoms with Gasteiger partial charge in [0.2, 0.25) is 0 Å². The van der Waals surface area contributed by atoms with Crippen molar-refractivity contribution >= 4 is 22.6 Å². The number of aromatic nitrogens is 5. The normalized spacial score (nSPS) is 14.7. The van der Waals surface area contributed by atoms with Gasteiger partial charge in [-0.3, -0.25) is 15.0 Å². The van der Waals surface area contributed by atoms with E-state index >= 15 is 0 Å². The van der Waals surface area contributed by atoms with E-state index in [0.717, 1.165) is 23.3 Å². The highest BCUT2D eigenvalue weighted by Gasteiger charge is 2.21. The van der Waals surface area contributed by atoms with Crippen molar-refractivity contribution in [2.45, 2.75) is 38.0 Å². The highest BCUT2D eigenvalue weighted by Crippen LogP contribution is 2.31. The molecule has 9 heteroatoms. The second kappa shape index (κ2) is 7.82. The van der Waals surface area contributed by atoms with E-state index in [-0.39, 0.29) is 0 Å². The number of fused-ring (bicyclic) bond motifs is 3. The lowest BCUT2D eigenvalue weighted by Crippen LogP contribution is -2.33. The van der Waals surface area contributed by atoms with Gasteiger partial charge < -0.3 is 4.74 Å². The Hall–Kier alpha value is -3.75. The fourth-order valence-electron chi connectivity index (χ4n) is 4.16. The summed E-state index contributed by atoms with van der Waals surface area (Å²) in [6.45, 7) is 0. The summed E-state index contributed by atoms with van der Waals surface area (Å²) in [6, 6.07) is 8.55. The molecule has 1 aromatic carbocycles. The van der Waals surface area contributed by atoms with E-state index in [1.807, 2.05) is 0 Å². The first-order valence-corrected chi connectivity index (χ1v) is 10.4. The fourth-order valence-corrected chi connectivity index (χ4v) is 4.16. The molecule has 3 heterocycles. The summed E-state index contributed by atoms with van der Waals surface area (Å²) in [5, 5.41) is 5.00. The molecule has 158 valence electrons. The predicted molar refractivity (Wildman–Crippen MR) is 115 cm³/mol. The van der Waals surface area contributed by atoms with Crippen molar-refractivity contribution in [3.05, 3.63) is 64.5 Å². The largest absolute Gasteiger partial charge is 0.496 e. The van der Waals surface area contributed by atoms with Gasteiger partial charge in [-0.25, -0.2) is 9.66 Å². The van der Waals surface area contributed by atoms with Gasteiger partial charge in [-0.15, -0.1) is 5.10 Å². The van der Waals surface area contributed by atoms with Gasteiger partial charge in [-0.1, -0.05) is 31.4 Å². The maximum Gasteiger partial charge on any atom is 0.280 e. The minimum absolute atomic E-state index is 0.332. The van der Waals surface area contributed by atoms with Crippen molar-refractivity contribution in [3.8, 4) is 5.75 Å². The van der Waals surface area contributed by atoms with E-state index in [2.05, 4.69) is 20.5 Å². The predicted octanol–water partition coefficient (Wildman–Crippen LogP) is 2.88. The topological polar surface area (TPSA) is 103 Å².